The van der Waals surface area contributed by atoms with Crippen LogP contribution in [0.3, 0.4) is 0 Å². The number of carbonyl (C=O) groups is 1. The fraction of sp³-hybridized carbons (Fsp3) is 0.588. The van der Waals surface area contributed by atoms with E-state index in [1.54, 1.807) is 6.92 Å². The van der Waals surface area contributed by atoms with Crippen LogP contribution in [-0.4, -0.2) is 29.8 Å². The first-order chi connectivity index (χ1) is 9.70. The molecule has 21 heavy (non-hydrogen) atoms. The van der Waals surface area contributed by atoms with Crippen LogP contribution in [0.1, 0.15) is 38.3 Å². The Hall–Kier alpha value is -1.55. The minimum absolute atomic E-state index is 0.0873. The number of amides is 1. The Morgan fingerprint density at radius 3 is 2.38 bits per heavy atom. The molecular formula is C17H27NO3. The number of benzene rings is 1. The molecule has 118 valence electrons. The highest BCUT2D eigenvalue weighted by molar-refractivity contribution is 5.76. The van der Waals surface area contributed by atoms with Crippen molar-refractivity contribution in [2.45, 2.75) is 46.6 Å². The van der Waals surface area contributed by atoms with Gasteiger partial charge in [0.05, 0.1) is 18.6 Å². The monoisotopic (exact) mass is 293 g/mol. The molecule has 4 nitrogen and oxygen atoms in total. The molecule has 0 aliphatic carbocycles. The van der Waals surface area contributed by atoms with Crippen molar-refractivity contribution >= 4 is 5.91 Å². The van der Waals surface area contributed by atoms with Gasteiger partial charge in [0.25, 0.3) is 0 Å². The van der Waals surface area contributed by atoms with Gasteiger partial charge in [-0.3, -0.25) is 4.79 Å². The van der Waals surface area contributed by atoms with E-state index in [1.165, 1.54) is 0 Å². The van der Waals surface area contributed by atoms with E-state index >= 15 is 0 Å². The molecule has 1 amide bonds. The van der Waals surface area contributed by atoms with Crippen LogP contribution in [0.4, 0.5) is 0 Å². The smallest absolute Gasteiger partial charge is 0.223 e. The predicted octanol–water partition coefficient (Wildman–Crippen LogP) is 2.60. The summed E-state index contributed by atoms with van der Waals surface area (Å²) in [7, 11) is 0. The molecule has 1 aromatic rings. The molecule has 0 radical (unpaired) electrons. The first-order valence-corrected chi connectivity index (χ1v) is 7.41. The fourth-order valence-electron chi connectivity index (χ4n) is 1.85. The molecule has 1 aromatic carbocycles. The molecule has 4 heteroatoms. The molecule has 1 atom stereocenters. The maximum absolute atomic E-state index is 11.7. The zero-order valence-electron chi connectivity index (χ0n) is 13.7. The lowest BCUT2D eigenvalue weighted by Crippen LogP contribution is -2.44. The molecule has 0 spiro atoms. The van der Waals surface area contributed by atoms with Crippen molar-refractivity contribution in [3.05, 3.63) is 29.3 Å². The van der Waals surface area contributed by atoms with Crippen molar-refractivity contribution in [1.82, 2.24) is 5.32 Å². The highest BCUT2D eigenvalue weighted by Gasteiger charge is 2.25. The van der Waals surface area contributed by atoms with Gasteiger partial charge in [0.1, 0.15) is 5.75 Å². The molecule has 0 heterocycles. The largest absolute Gasteiger partial charge is 0.493 e. The molecule has 1 unspecified atom stereocenters. The summed E-state index contributed by atoms with van der Waals surface area (Å²) in [6.07, 6.45) is 0.279. The summed E-state index contributed by atoms with van der Waals surface area (Å²) in [5.74, 6) is 0.763. The number of rotatable bonds is 7. The Morgan fingerprint density at radius 2 is 1.86 bits per heavy atom. The lowest BCUT2D eigenvalue weighted by atomic mass is 9.92. The van der Waals surface area contributed by atoms with Gasteiger partial charge in [-0.25, -0.2) is 0 Å². The van der Waals surface area contributed by atoms with E-state index < -0.39 is 5.60 Å². The molecule has 0 aromatic heterocycles. The van der Waals surface area contributed by atoms with E-state index in [1.807, 2.05) is 39.8 Å². The molecule has 1 rings (SSSR count). The summed E-state index contributed by atoms with van der Waals surface area (Å²) in [6, 6.07) is 5.98. The van der Waals surface area contributed by atoms with Gasteiger partial charge in [-0.05, 0) is 49.9 Å². The summed E-state index contributed by atoms with van der Waals surface area (Å²) in [5.41, 5.74) is 1.40. The van der Waals surface area contributed by atoms with Crippen molar-refractivity contribution < 1.29 is 14.6 Å². The Bertz CT molecular complexity index is 461. The summed E-state index contributed by atoms with van der Waals surface area (Å²) < 4.78 is 5.59. The number of carbonyl (C=O) groups excluding carboxylic acids is 1. The van der Waals surface area contributed by atoms with Crippen molar-refractivity contribution in [1.29, 1.82) is 0 Å². The van der Waals surface area contributed by atoms with Gasteiger partial charge in [0.2, 0.25) is 5.91 Å². The number of nitrogens with one attached hydrogen (secondary N) is 1. The summed E-state index contributed by atoms with van der Waals surface area (Å²) >= 11 is 0. The van der Waals surface area contributed by atoms with E-state index in [2.05, 4.69) is 11.4 Å². The molecule has 0 saturated carbocycles. The van der Waals surface area contributed by atoms with Crippen molar-refractivity contribution in [3.8, 4) is 5.75 Å². The second kappa shape index (κ2) is 7.46. The second-order valence-corrected chi connectivity index (χ2v) is 6.21. The van der Waals surface area contributed by atoms with E-state index in [0.29, 0.717) is 6.61 Å². The first-order valence-electron chi connectivity index (χ1n) is 7.41. The zero-order valence-corrected chi connectivity index (χ0v) is 13.7. The second-order valence-electron chi connectivity index (χ2n) is 6.21. The standard InChI is InChI=1S/C17H27NO3/c1-12(2)17(5,20)11-18-16(19)6-7-21-15-9-13(3)8-14(4)10-15/h8-10,12,20H,6-7,11H2,1-5H3,(H,18,19). The number of aryl methyl sites for hydroxylation is 2. The minimum Gasteiger partial charge on any atom is -0.493 e. The van der Waals surface area contributed by atoms with Crippen LogP contribution in [0.2, 0.25) is 0 Å². The van der Waals surface area contributed by atoms with Crippen LogP contribution < -0.4 is 10.1 Å². The van der Waals surface area contributed by atoms with Crippen LogP contribution in [0.5, 0.6) is 5.75 Å². The average molecular weight is 293 g/mol. The molecule has 0 fully saturated rings. The molecule has 0 aliphatic heterocycles. The summed E-state index contributed by atoms with van der Waals surface area (Å²) in [5, 5.41) is 12.8. The van der Waals surface area contributed by atoms with E-state index in [4.69, 9.17) is 4.74 Å². The fourth-order valence-corrected chi connectivity index (χ4v) is 1.85. The van der Waals surface area contributed by atoms with Gasteiger partial charge in [0.15, 0.2) is 0 Å². The van der Waals surface area contributed by atoms with E-state index in [0.717, 1.165) is 16.9 Å². The SMILES string of the molecule is Cc1cc(C)cc(OCCC(=O)NCC(C)(O)C(C)C)c1. The van der Waals surface area contributed by atoms with Gasteiger partial charge in [-0.2, -0.15) is 0 Å². The van der Waals surface area contributed by atoms with Gasteiger partial charge in [-0.15, -0.1) is 0 Å². The van der Waals surface area contributed by atoms with Crippen molar-refractivity contribution in [3.63, 3.8) is 0 Å². The van der Waals surface area contributed by atoms with Gasteiger partial charge in [0, 0.05) is 6.54 Å². The third kappa shape index (κ3) is 6.17. The Morgan fingerprint density at radius 1 is 1.29 bits per heavy atom. The Kier molecular flexibility index (Phi) is 6.21. The van der Waals surface area contributed by atoms with E-state index in [9.17, 15) is 9.90 Å². The van der Waals surface area contributed by atoms with Crippen LogP contribution in [0, 0.1) is 19.8 Å². The Balaban J connectivity index is 2.34. The average Bonchev–Trinajstić information content (AvgIpc) is 2.35. The molecule has 0 saturated heterocycles. The van der Waals surface area contributed by atoms with Crippen molar-refractivity contribution in [2.24, 2.45) is 5.92 Å². The number of aliphatic hydroxyl groups is 1. The van der Waals surface area contributed by atoms with Gasteiger partial charge >= 0.3 is 0 Å². The number of ether oxygens (including phenoxy) is 1. The molecule has 2 N–H and O–H groups in total. The third-order valence-corrected chi connectivity index (χ3v) is 3.68. The first kappa shape index (κ1) is 17.5. The predicted molar refractivity (Wildman–Crippen MR) is 84.5 cm³/mol. The number of hydrogen-bond acceptors (Lipinski definition) is 3. The highest BCUT2D eigenvalue weighted by atomic mass is 16.5. The normalized spacial score (nSPS) is 13.9. The van der Waals surface area contributed by atoms with E-state index in [-0.39, 0.29) is 24.8 Å². The van der Waals surface area contributed by atoms with Crippen molar-refractivity contribution in [2.75, 3.05) is 13.2 Å². The molecule has 0 aliphatic rings. The summed E-state index contributed by atoms with van der Waals surface area (Å²) in [4.78, 5) is 11.7. The topological polar surface area (TPSA) is 58.6 Å². The summed E-state index contributed by atoms with van der Waals surface area (Å²) in [6.45, 7) is 10.2. The Labute approximate surface area is 127 Å². The molecular weight excluding hydrogens is 266 g/mol. The zero-order chi connectivity index (χ0) is 16.0. The van der Waals surface area contributed by atoms with Crippen LogP contribution >= 0.6 is 0 Å². The van der Waals surface area contributed by atoms with Gasteiger partial charge in [-0.1, -0.05) is 19.9 Å². The van der Waals surface area contributed by atoms with Crippen LogP contribution in [-0.2, 0) is 4.79 Å². The number of hydrogen-bond donors (Lipinski definition) is 2. The lowest BCUT2D eigenvalue weighted by molar-refractivity contribution is -0.123. The lowest BCUT2D eigenvalue weighted by Gasteiger charge is -2.27. The van der Waals surface area contributed by atoms with Crippen LogP contribution in [0.25, 0.3) is 0 Å². The maximum Gasteiger partial charge on any atom is 0.223 e. The maximum atomic E-state index is 11.7. The highest BCUT2D eigenvalue weighted by Crippen LogP contribution is 2.16. The quantitative estimate of drug-likeness (QED) is 0.812. The van der Waals surface area contributed by atoms with Gasteiger partial charge < -0.3 is 15.2 Å². The molecule has 0 bridgehead atoms. The third-order valence-electron chi connectivity index (χ3n) is 3.68. The minimum atomic E-state index is -0.885. The van der Waals surface area contributed by atoms with Crippen LogP contribution in [0.15, 0.2) is 18.2 Å².